The number of hydrogen-bond acceptors (Lipinski definition) is 8. The van der Waals surface area contributed by atoms with E-state index in [0.29, 0.717) is 12.3 Å². The Morgan fingerprint density at radius 1 is 0.932 bits per heavy atom. The number of piperidine rings is 1. The van der Waals surface area contributed by atoms with E-state index in [4.69, 9.17) is 4.42 Å². The Balaban J connectivity index is 1.06. The highest BCUT2D eigenvalue weighted by Crippen LogP contribution is 2.27. The molecule has 11 heteroatoms. The molecule has 1 aliphatic rings. The van der Waals surface area contributed by atoms with Crippen LogP contribution >= 0.6 is 0 Å². The first kappa shape index (κ1) is 30.8. The molecule has 44 heavy (non-hydrogen) atoms. The summed E-state index contributed by atoms with van der Waals surface area (Å²) in [5.41, 5.74) is 3.23. The van der Waals surface area contributed by atoms with Crippen LogP contribution < -0.4 is 0 Å². The summed E-state index contributed by atoms with van der Waals surface area (Å²) in [6.45, 7) is 2.91. The van der Waals surface area contributed by atoms with Gasteiger partial charge in [-0.2, -0.15) is 13.2 Å². The summed E-state index contributed by atoms with van der Waals surface area (Å²) >= 11 is 0. The molecule has 8 nitrogen and oxygen atoms in total. The second-order valence-electron chi connectivity index (χ2n) is 10.7. The smallest absolute Gasteiger partial charge is 0.432 e. The number of alkyl halides is 3. The molecule has 0 bridgehead atoms. The van der Waals surface area contributed by atoms with Gasteiger partial charge in [-0.1, -0.05) is 54.6 Å². The van der Waals surface area contributed by atoms with Gasteiger partial charge in [0.25, 0.3) is 5.89 Å². The number of halogens is 3. The maximum absolute atomic E-state index is 12.7. The van der Waals surface area contributed by atoms with Crippen molar-refractivity contribution in [1.29, 1.82) is 0 Å². The average Bonchev–Trinajstić information content (AvgIpc) is 3.53. The summed E-state index contributed by atoms with van der Waals surface area (Å²) in [4.78, 5) is 45.9. The molecule has 5 rings (SSSR count). The quantitative estimate of drug-likeness (QED) is 0.109. The number of carbonyl (C=O) groups is 3. The molecule has 2 aromatic heterocycles. The topological polar surface area (TPSA) is 103 Å². The van der Waals surface area contributed by atoms with Crippen molar-refractivity contribution in [2.75, 3.05) is 13.1 Å². The predicted octanol–water partition coefficient (Wildman–Crippen LogP) is 6.91. The molecule has 228 valence electrons. The largest absolute Gasteiger partial charge is 0.491 e. The van der Waals surface area contributed by atoms with E-state index in [1.807, 2.05) is 18.2 Å². The molecule has 0 spiro atoms. The fraction of sp³-hybridized carbons (Fsp3) is 0.303. The molecule has 0 N–H and O–H groups in total. The number of oxazole rings is 1. The second-order valence-corrected chi connectivity index (χ2v) is 10.7. The van der Waals surface area contributed by atoms with Gasteiger partial charge in [-0.25, -0.2) is 19.6 Å². The number of ketones is 1. The van der Waals surface area contributed by atoms with Gasteiger partial charge in [-0.3, -0.25) is 9.69 Å². The number of pyridine rings is 1. The van der Waals surface area contributed by atoms with Crippen LogP contribution in [0.4, 0.5) is 13.2 Å². The Hall–Kier alpha value is -4.64. The molecule has 1 fully saturated rings. The molecule has 3 heterocycles. The normalized spacial score (nSPS) is 14.3. The minimum absolute atomic E-state index is 0.0454. The lowest BCUT2D eigenvalue weighted by Crippen LogP contribution is -2.33. The second kappa shape index (κ2) is 13.8. The van der Waals surface area contributed by atoms with E-state index in [-0.39, 0.29) is 29.5 Å². The summed E-state index contributed by atoms with van der Waals surface area (Å²) < 4.78 is 46.5. The number of benzene rings is 2. The average molecular weight is 606 g/mol. The van der Waals surface area contributed by atoms with Gasteiger partial charge in [0.1, 0.15) is 11.4 Å². The highest BCUT2D eigenvalue weighted by Gasteiger charge is 2.42. The first-order chi connectivity index (χ1) is 21.2. The van der Waals surface area contributed by atoms with Crippen LogP contribution in [0.5, 0.6) is 0 Å². The summed E-state index contributed by atoms with van der Waals surface area (Å²) in [6.07, 6.45) is -0.0842. The number of Topliss-reactive ketones (excluding diaryl/α,β-unsaturated/α-hetero) is 1. The van der Waals surface area contributed by atoms with E-state index in [9.17, 15) is 27.6 Å². The van der Waals surface area contributed by atoms with Gasteiger partial charge in [-0.15, -0.1) is 0 Å². The van der Waals surface area contributed by atoms with Gasteiger partial charge in [-0.05, 0) is 79.6 Å². The van der Waals surface area contributed by atoms with Crippen molar-refractivity contribution in [3.05, 3.63) is 96.1 Å². The van der Waals surface area contributed by atoms with Gasteiger partial charge in [0.05, 0.1) is 6.20 Å². The number of esters is 2. The molecular weight excluding hydrogens is 575 g/mol. The molecule has 0 aliphatic carbocycles. The van der Waals surface area contributed by atoms with Crippen LogP contribution in [0, 0.1) is 5.92 Å². The Bertz CT molecular complexity index is 1610. The Morgan fingerprint density at radius 3 is 2.41 bits per heavy atom. The molecule has 0 radical (unpaired) electrons. The standard InChI is InChI=1S/C33H30F3N3O5/c34-33(35,36)32(42)44-31(41)27-13-6-12-26(38-27)29-20-37-30(43-29)28(40)14-5-7-22-15-17-39(18-16-22)21-23-8-4-11-25(19-23)24-9-2-1-3-10-24/h1-4,6,8-13,19-20,22H,5,7,14-18,21H2. The third-order valence-corrected chi connectivity index (χ3v) is 7.54. The van der Waals surface area contributed by atoms with Crippen molar-refractivity contribution in [2.24, 2.45) is 5.92 Å². The van der Waals surface area contributed by atoms with Gasteiger partial charge in [0, 0.05) is 13.0 Å². The molecule has 0 saturated carbocycles. The first-order valence-corrected chi connectivity index (χ1v) is 14.3. The van der Waals surface area contributed by atoms with E-state index in [1.165, 1.54) is 35.0 Å². The summed E-state index contributed by atoms with van der Waals surface area (Å²) in [5, 5.41) is 0. The predicted molar refractivity (Wildman–Crippen MR) is 154 cm³/mol. The molecule has 0 atom stereocenters. The third kappa shape index (κ3) is 8.04. The zero-order valence-electron chi connectivity index (χ0n) is 23.8. The zero-order chi connectivity index (χ0) is 31.1. The lowest BCUT2D eigenvalue weighted by molar-refractivity contribution is -0.193. The maximum atomic E-state index is 12.7. The molecule has 0 amide bonds. The lowest BCUT2D eigenvalue weighted by atomic mass is 9.91. The van der Waals surface area contributed by atoms with E-state index in [0.717, 1.165) is 45.0 Å². The van der Waals surface area contributed by atoms with Gasteiger partial charge >= 0.3 is 18.1 Å². The van der Waals surface area contributed by atoms with Crippen molar-refractivity contribution < 1.29 is 36.7 Å². The Labute approximate surface area is 251 Å². The van der Waals surface area contributed by atoms with Crippen LogP contribution in [-0.4, -0.2) is 51.9 Å². The number of ether oxygens (including phenoxy) is 1. The number of likely N-dealkylation sites (tertiary alicyclic amines) is 1. The molecule has 0 unspecified atom stereocenters. The number of rotatable bonds is 10. The van der Waals surface area contributed by atoms with Crippen LogP contribution in [0.1, 0.15) is 58.8 Å². The highest BCUT2D eigenvalue weighted by atomic mass is 19.4. The van der Waals surface area contributed by atoms with Crippen LogP contribution in [0.15, 0.2) is 83.4 Å². The fourth-order valence-electron chi connectivity index (χ4n) is 5.23. The monoisotopic (exact) mass is 605 g/mol. The summed E-state index contributed by atoms with van der Waals surface area (Å²) in [6, 6.07) is 22.8. The summed E-state index contributed by atoms with van der Waals surface area (Å²) in [7, 11) is 0. The van der Waals surface area contributed by atoms with Crippen LogP contribution in [0.25, 0.3) is 22.6 Å². The van der Waals surface area contributed by atoms with Crippen molar-refractivity contribution in [2.45, 2.75) is 44.8 Å². The van der Waals surface area contributed by atoms with E-state index >= 15 is 0 Å². The van der Waals surface area contributed by atoms with Gasteiger partial charge < -0.3 is 9.15 Å². The number of nitrogens with zero attached hydrogens (tertiary/aromatic N) is 3. The number of aromatic nitrogens is 2. The van der Waals surface area contributed by atoms with Crippen molar-refractivity contribution in [1.82, 2.24) is 14.9 Å². The molecule has 4 aromatic rings. The van der Waals surface area contributed by atoms with Crippen LogP contribution in [0.2, 0.25) is 0 Å². The van der Waals surface area contributed by atoms with Gasteiger partial charge in [0.2, 0.25) is 5.78 Å². The zero-order valence-corrected chi connectivity index (χ0v) is 23.8. The number of hydrogen-bond donors (Lipinski definition) is 0. The SMILES string of the molecule is O=C(OC(=O)C(F)(F)F)c1cccc(-c2cnc(C(=O)CCCC3CCN(Cc4cccc(-c5ccccc5)c4)CC3)o2)n1. The van der Waals surface area contributed by atoms with Crippen LogP contribution in [-0.2, 0) is 16.1 Å². The molecular formula is C33H30F3N3O5. The maximum Gasteiger partial charge on any atom is 0.491 e. The lowest BCUT2D eigenvalue weighted by Gasteiger charge is -2.32. The van der Waals surface area contributed by atoms with E-state index in [1.54, 1.807) is 0 Å². The summed E-state index contributed by atoms with van der Waals surface area (Å²) in [5.74, 6) is -4.02. The first-order valence-electron chi connectivity index (χ1n) is 14.3. The van der Waals surface area contributed by atoms with Crippen molar-refractivity contribution >= 4 is 17.7 Å². The van der Waals surface area contributed by atoms with Crippen LogP contribution in [0.3, 0.4) is 0 Å². The molecule has 1 saturated heterocycles. The minimum atomic E-state index is -5.32. The Morgan fingerprint density at radius 2 is 1.66 bits per heavy atom. The third-order valence-electron chi connectivity index (χ3n) is 7.54. The Kier molecular flexibility index (Phi) is 9.64. The van der Waals surface area contributed by atoms with E-state index in [2.05, 4.69) is 56.0 Å². The highest BCUT2D eigenvalue weighted by molar-refractivity contribution is 5.97. The molecule has 1 aliphatic heterocycles. The fourth-order valence-corrected chi connectivity index (χ4v) is 5.23. The van der Waals surface area contributed by atoms with Gasteiger partial charge in [0.15, 0.2) is 5.76 Å². The molecule has 2 aromatic carbocycles. The van der Waals surface area contributed by atoms with Crippen molar-refractivity contribution in [3.8, 4) is 22.6 Å². The van der Waals surface area contributed by atoms with Crippen molar-refractivity contribution in [3.63, 3.8) is 0 Å². The number of carbonyl (C=O) groups excluding carboxylic acids is 3. The minimum Gasteiger partial charge on any atom is -0.432 e. The van der Waals surface area contributed by atoms with E-state index < -0.39 is 23.8 Å².